The minimum Gasteiger partial charge on any atom is -0.159 e. The molecule has 0 spiro atoms. The van der Waals surface area contributed by atoms with Crippen LogP contribution in [-0.2, 0) is 6.42 Å². The van der Waals surface area contributed by atoms with Gasteiger partial charge in [-0.05, 0) is 24.6 Å². The van der Waals surface area contributed by atoms with E-state index in [9.17, 15) is 0 Å². The summed E-state index contributed by atoms with van der Waals surface area (Å²) in [6, 6.07) is 8.26. The molecule has 3 heteroatoms. The Morgan fingerprint density at radius 3 is 2.75 bits per heavy atom. The molecule has 2 nitrogen and oxygen atoms in total. The normalized spacial score (nSPS) is 17.8. The van der Waals surface area contributed by atoms with Gasteiger partial charge < -0.3 is 0 Å². The average molecular weight is 225 g/mol. The molecule has 1 aromatic carbocycles. The second-order valence-corrected chi connectivity index (χ2v) is 4.14. The van der Waals surface area contributed by atoms with Crippen molar-refractivity contribution in [3.8, 4) is 0 Å². The maximum absolute atomic E-state index is 3.97. The maximum Gasteiger partial charge on any atom is 0.192 e. The molecule has 0 N–H and O–H groups in total. The van der Waals surface area contributed by atoms with Gasteiger partial charge in [-0.1, -0.05) is 28.1 Å². The topological polar surface area (TPSA) is 24.7 Å². The summed E-state index contributed by atoms with van der Waals surface area (Å²) in [6.07, 6.45) is 0.909. The summed E-state index contributed by atoms with van der Waals surface area (Å²) in [5, 5.41) is 7.94. The number of hydrogen-bond acceptors (Lipinski definition) is 2. The Hall–Kier alpha value is -0.700. The highest BCUT2D eigenvalue weighted by Gasteiger charge is 2.33. The van der Waals surface area contributed by atoms with Crippen LogP contribution >= 0.6 is 15.9 Å². The van der Waals surface area contributed by atoms with Gasteiger partial charge in [-0.3, -0.25) is 0 Å². The van der Waals surface area contributed by atoms with Gasteiger partial charge in [-0.2, -0.15) is 10.2 Å². The molecule has 0 aromatic heterocycles. The third kappa shape index (κ3) is 1.72. The summed E-state index contributed by atoms with van der Waals surface area (Å²) < 4.78 is 1.12. The molecule has 0 radical (unpaired) electrons. The summed E-state index contributed by atoms with van der Waals surface area (Å²) in [6.45, 7) is 2.04. The van der Waals surface area contributed by atoms with Crippen LogP contribution in [0, 0.1) is 0 Å². The molecule has 1 aromatic rings. The second kappa shape index (κ2) is 2.66. The van der Waals surface area contributed by atoms with Gasteiger partial charge in [0.05, 0.1) is 0 Å². The van der Waals surface area contributed by atoms with E-state index in [4.69, 9.17) is 0 Å². The first kappa shape index (κ1) is 7.92. The molecule has 1 aliphatic heterocycles. The molecule has 1 heterocycles. The van der Waals surface area contributed by atoms with Crippen LogP contribution in [0.4, 0.5) is 0 Å². The number of nitrogens with zero attached hydrogens (tertiary/aromatic N) is 2. The van der Waals surface area contributed by atoms with Crippen molar-refractivity contribution in [3.05, 3.63) is 34.3 Å². The van der Waals surface area contributed by atoms with Crippen molar-refractivity contribution < 1.29 is 0 Å². The van der Waals surface area contributed by atoms with Crippen LogP contribution in [-0.4, -0.2) is 5.66 Å². The Bertz CT molecular complexity index is 327. The van der Waals surface area contributed by atoms with E-state index in [2.05, 4.69) is 38.3 Å². The molecule has 0 unspecified atom stereocenters. The van der Waals surface area contributed by atoms with Crippen LogP contribution in [0.2, 0.25) is 0 Å². The van der Waals surface area contributed by atoms with Crippen molar-refractivity contribution in [1.29, 1.82) is 0 Å². The maximum atomic E-state index is 3.97. The smallest absolute Gasteiger partial charge is 0.159 e. The SMILES string of the molecule is CC1(Cc2cccc(Br)c2)N=N1. The summed E-state index contributed by atoms with van der Waals surface area (Å²) in [7, 11) is 0. The molecule has 2 rings (SSSR count). The van der Waals surface area contributed by atoms with E-state index in [0.717, 1.165) is 10.9 Å². The predicted octanol–water partition coefficient (Wildman–Crippen LogP) is 3.17. The fourth-order valence-electron chi connectivity index (χ4n) is 1.19. The fourth-order valence-corrected chi connectivity index (χ4v) is 1.64. The van der Waals surface area contributed by atoms with Gasteiger partial charge in [0.25, 0.3) is 0 Å². The largest absolute Gasteiger partial charge is 0.192 e. The van der Waals surface area contributed by atoms with E-state index in [1.807, 2.05) is 19.1 Å². The van der Waals surface area contributed by atoms with E-state index >= 15 is 0 Å². The molecule has 0 fully saturated rings. The quantitative estimate of drug-likeness (QED) is 0.738. The Morgan fingerprint density at radius 2 is 2.17 bits per heavy atom. The number of benzene rings is 1. The molecular formula is C9H9BrN2. The van der Waals surface area contributed by atoms with Crippen molar-refractivity contribution in [2.75, 3.05) is 0 Å². The highest BCUT2D eigenvalue weighted by molar-refractivity contribution is 9.10. The lowest BCUT2D eigenvalue weighted by atomic mass is 10.1. The van der Waals surface area contributed by atoms with Gasteiger partial charge in [-0.25, -0.2) is 0 Å². The van der Waals surface area contributed by atoms with Crippen LogP contribution in [0.15, 0.2) is 39.0 Å². The molecule has 0 aliphatic carbocycles. The van der Waals surface area contributed by atoms with E-state index in [1.165, 1.54) is 5.56 Å². The highest BCUT2D eigenvalue weighted by Crippen LogP contribution is 2.31. The van der Waals surface area contributed by atoms with Gasteiger partial charge in [0.2, 0.25) is 0 Å². The zero-order valence-corrected chi connectivity index (χ0v) is 8.37. The average Bonchev–Trinajstić information content (AvgIpc) is 2.67. The van der Waals surface area contributed by atoms with Crippen LogP contribution in [0.3, 0.4) is 0 Å². The van der Waals surface area contributed by atoms with E-state index in [0.29, 0.717) is 0 Å². The Balaban J connectivity index is 2.13. The first-order valence-electron chi connectivity index (χ1n) is 3.86. The molecule has 0 atom stereocenters. The standard InChI is InChI=1S/C9H9BrN2/c1-9(11-12-9)6-7-3-2-4-8(10)5-7/h2-5H,6H2,1H3. The second-order valence-electron chi connectivity index (χ2n) is 3.22. The lowest BCUT2D eigenvalue weighted by molar-refractivity contribution is 0.662. The summed E-state index contributed by atoms with van der Waals surface area (Å²) >= 11 is 3.43. The first-order valence-corrected chi connectivity index (χ1v) is 4.66. The fraction of sp³-hybridized carbons (Fsp3) is 0.333. The van der Waals surface area contributed by atoms with Crippen LogP contribution in [0.5, 0.6) is 0 Å². The Kier molecular flexibility index (Phi) is 1.76. The van der Waals surface area contributed by atoms with E-state index in [1.54, 1.807) is 0 Å². The highest BCUT2D eigenvalue weighted by atomic mass is 79.9. The molecule has 0 saturated heterocycles. The number of hydrogen-bond donors (Lipinski definition) is 0. The summed E-state index contributed by atoms with van der Waals surface area (Å²) in [4.78, 5) is 0. The van der Waals surface area contributed by atoms with Crippen LogP contribution in [0.25, 0.3) is 0 Å². The van der Waals surface area contributed by atoms with Gasteiger partial charge in [0.15, 0.2) is 5.66 Å². The lowest BCUT2D eigenvalue weighted by Crippen LogP contribution is -2.07. The van der Waals surface area contributed by atoms with Crippen molar-refractivity contribution >= 4 is 15.9 Å². The monoisotopic (exact) mass is 224 g/mol. The van der Waals surface area contributed by atoms with Gasteiger partial charge >= 0.3 is 0 Å². The van der Waals surface area contributed by atoms with E-state index in [-0.39, 0.29) is 5.66 Å². The van der Waals surface area contributed by atoms with Crippen LogP contribution in [0.1, 0.15) is 12.5 Å². The minimum atomic E-state index is -0.124. The first-order chi connectivity index (χ1) is 5.68. The molecule has 62 valence electrons. The third-order valence-electron chi connectivity index (χ3n) is 1.87. The van der Waals surface area contributed by atoms with E-state index < -0.39 is 0 Å². The summed E-state index contributed by atoms with van der Waals surface area (Å²) in [5.74, 6) is 0. The van der Waals surface area contributed by atoms with Crippen molar-refractivity contribution in [1.82, 2.24) is 0 Å². The molecule has 1 aliphatic rings. The molecule has 12 heavy (non-hydrogen) atoms. The lowest BCUT2D eigenvalue weighted by Gasteiger charge is -2.03. The van der Waals surface area contributed by atoms with Crippen molar-refractivity contribution in [2.45, 2.75) is 19.0 Å². The number of rotatable bonds is 2. The van der Waals surface area contributed by atoms with Gasteiger partial charge in [0, 0.05) is 10.9 Å². The van der Waals surface area contributed by atoms with Crippen molar-refractivity contribution in [2.24, 2.45) is 10.2 Å². The molecule has 0 amide bonds. The van der Waals surface area contributed by atoms with Gasteiger partial charge in [0.1, 0.15) is 0 Å². The van der Waals surface area contributed by atoms with Crippen LogP contribution < -0.4 is 0 Å². The van der Waals surface area contributed by atoms with Gasteiger partial charge in [-0.15, -0.1) is 0 Å². The summed E-state index contributed by atoms with van der Waals surface area (Å²) in [5.41, 5.74) is 1.15. The third-order valence-corrected chi connectivity index (χ3v) is 2.36. The molecule has 0 bridgehead atoms. The molecule has 0 saturated carbocycles. The van der Waals surface area contributed by atoms with Crippen molar-refractivity contribution in [3.63, 3.8) is 0 Å². The predicted molar refractivity (Wildman–Crippen MR) is 51.1 cm³/mol. The molecular weight excluding hydrogens is 216 g/mol. The zero-order valence-electron chi connectivity index (χ0n) is 6.79. The number of halogens is 1. The zero-order chi connectivity index (χ0) is 8.60. The minimum absolute atomic E-state index is 0.124. The Labute approximate surface area is 79.8 Å². The Morgan fingerprint density at radius 1 is 1.42 bits per heavy atom.